The van der Waals surface area contributed by atoms with Gasteiger partial charge in [-0.3, -0.25) is 9.69 Å². The predicted molar refractivity (Wildman–Crippen MR) is 106 cm³/mol. The molecule has 2 aromatic heterocycles. The Balaban J connectivity index is 1.33. The lowest BCUT2D eigenvalue weighted by atomic mass is 10.1. The maximum Gasteiger partial charge on any atom is 0.271 e. The molecule has 2 aliphatic rings. The number of ether oxygens (including phenoxy) is 1. The van der Waals surface area contributed by atoms with Crippen LogP contribution in [-0.2, 0) is 17.7 Å². The molecule has 0 aromatic carbocycles. The lowest BCUT2D eigenvalue weighted by molar-refractivity contribution is 0.0942. The van der Waals surface area contributed by atoms with E-state index in [9.17, 15) is 4.79 Å². The van der Waals surface area contributed by atoms with Gasteiger partial charge < -0.3 is 15.0 Å². The minimum atomic E-state index is -0.259. The molecule has 2 aliphatic heterocycles. The average molecular weight is 408 g/mol. The molecule has 4 rings (SSSR count). The lowest BCUT2D eigenvalue weighted by Crippen LogP contribution is -2.39. The Hall–Kier alpha value is -1.74. The van der Waals surface area contributed by atoms with Gasteiger partial charge in [-0.15, -0.1) is 11.3 Å². The van der Waals surface area contributed by atoms with Gasteiger partial charge in [0.1, 0.15) is 0 Å². The fraction of sp³-hybridized carbons (Fsp3) is 0.500. The normalized spacial score (nSPS) is 17.6. The van der Waals surface area contributed by atoms with Gasteiger partial charge in [-0.25, -0.2) is 9.97 Å². The standard InChI is InChI=1S/C18H22ClN5O2S/c19-14-11-21-18(24-6-8-26-9-7-24)22-16(14)17(25)20-3-5-23-4-1-15-13(12-23)2-10-27-15/h2,10-11H,1,3-9,12H2,(H,20,25). The number of morpholine rings is 1. The van der Waals surface area contributed by atoms with Crippen molar-refractivity contribution in [2.24, 2.45) is 0 Å². The number of anilines is 1. The van der Waals surface area contributed by atoms with E-state index in [1.165, 1.54) is 16.6 Å². The predicted octanol–water partition coefficient (Wildman–Crippen LogP) is 1.82. The fourth-order valence-electron chi connectivity index (χ4n) is 3.34. The molecule has 1 N–H and O–H groups in total. The molecular formula is C18H22ClN5O2S. The van der Waals surface area contributed by atoms with E-state index in [-0.39, 0.29) is 16.6 Å². The Morgan fingerprint density at radius 3 is 3.04 bits per heavy atom. The molecule has 0 atom stereocenters. The summed E-state index contributed by atoms with van der Waals surface area (Å²) in [6.45, 7) is 6.03. The molecule has 0 aliphatic carbocycles. The summed E-state index contributed by atoms with van der Waals surface area (Å²) in [5.41, 5.74) is 1.64. The summed E-state index contributed by atoms with van der Waals surface area (Å²) >= 11 is 7.99. The molecule has 1 saturated heterocycles. The number of nitrogens with zero attached hydrogens (tertiary/aromatic N) is 4. The van der Waals surface area contributed by atoms with Crippen LogP contribution in [0.3, 0.4) is 0 Å². The Kier molecular flexibility index (Phi) is 5.87. The Morgan fingerprint density at radius 2 is 2.19 bits per heavy atom. The first-order valence-corrected chi connectivity index (χ1v) is 10.4. The van der Waals surface area contributed by atoms with Crippen molar-refractivity contribution in [3.63, 3.8) is 0 Å². The lowest BCUT2D eigenvalue weighted by Gasteiger charge is -2.27. The van der Waals surface area contributed by atoms with Gasteiger partial charge in [0.2, 0.25) is 5.95 Å². The van der Waals surface area contributed by atoms with Crippen LogP contribution in [-0.4, -0.2) is 66.7 Å². The molecule has 0 unspecified atom stereocenters. The molecule has 1 fully saturated rings. The highest BCUT2D eigenvalue weighted by Crippen LogP contribution is 2.23. The minimum Gasteiger partial charge on any atom is -0.378 e. The molecule has 2 aromatic rings. The van der Waals surface area contributed by atoms with Crippen molar-refractivity contribution in [1.82, 2.24) is 20.2 Å². The first-order chi connectivity index (χ1) is 13.2. The number of aromatic nitrogens is 2. The first kappa shape index (κ1) is 18.6. The van der Waals surface area contributed by atoms with Crippen molar-refractivity contribution in [2.75, 3.05) is 50.8 Å². The molecule has 0 saturated carbocycles. The number of amides is 1. The third-order valence-electron chi connectivity index (χ3n) is 4.84. The van der Waals surface area contributed by atoms with Gasteiger partial charge in [-0.1, -0.05) is 11.6 Å². The average Bonchev–Trinajstić information content (AvgIpc) is 3.17. The number of fused-ring (bicyclic) bond motifs is 1. The van der Waals surface area contributed by atoms with Crippen molar-refractivity contribution in [3.8, 4) is 0 Å². The highest BCUT2D eigenvalue weighted by Gasteiger charge is 2.20. The second-order valence-corrected chi connectivity index (χ2v) is 8.02. The third kappa shape index (κ3) is 4.40. The second-order valence-electron chi connectivity index (χ2n) is 6.62. The van der Waals surface area contributed by atoms with Gasteiger partial charge in [0, 0.05) is 44.1 Å². The van der Waals surface area contributed by atoms with Gasteiger partial charge in [-0.05, 0) is 23.4 Å². The van der Waals surface area contributed by atoms with Gasteiger partial charge in [-0.2, -0.15) is 0 Å². The van der Waals surface area contributed by atoms with E-state index in [1.54, 1.807) is 0 Å². The van der Waals surface area contributed by atoms with Crippen LogP contribution in [0.4, 0.5) is 5.95 Å². The number of nitrogens with one attached hydrogen (secondary N) is 1. The van der Waals surface area contributed by atoms with Crippen LogP contribution in [0.25, 0.3) is 0 Å². The van der Waals surface area contributed by atoms with Gasteiger partial charge in [0.15, 0.2) is 5.69 Å². The highest BCUT2D eigenvalue weighted by molar-refractivity contribution is 7.10. The van der Waals surface area contributed by atoms with E-state index in [0.29, 0.717) is 38.8 Å². The summed E-state index contributed by atoms with van der Waals surface area (Å²) in [5.74, 6) is 0.263. The number of hydrogen-bond acceptors (Lipinski definition) is 7. The summed E-state index contributed by atoms with van der Waals surface area (Å²) in [6, 6.07) is 2.19. The zero-order valence-electron chi connectivity index (χ0n) is 15.0. The largest absolute Gasteiger partial charge is 0.378 e. The quantitative estimate of drug-likeness (QED) is 0.815. The van der Waals surface area contributed by atoms with E-state index in [0.717, 1.165) is 26.1 Å². The number of halogens is 1. The summed E-state index contributed by atoms with van der Waals surface area (Å²) in [7, 11) is 0. The van der Waals surface area contributed by atoms with Crippen molar-refractivity contribution < 1.29 is 9.53 Å². The van der Waals surface area contributed by atoms with Crippen LogP contribution >= 0.6 is 22.9 Å². The molecule has 144 valence electrons. The zero-order chi connectivity index (χ0) is 18.6. The third-order valence-corrected chi connectivity index (χ3v) is 6.14. The van der Waals surface area contributed by atoms with Crippen molar-refractivity contribution >= 4 is 34.8 Å². The summed E-state index contributed by atoms with van der Waals surface area (Å²) in [4.78, 5) is 27.0. The molecule has 7 nitrogen and oxygen atoms in total. The Morgan fingerprint density at radius 1 is 1.33 bits per heavy atom. The molecule has 0 bridgehead atoms. The van der Waals surface area contributed by atoms with Crippen molar-refractivity contribution in [3.05, 3.63) is 38.8 Å². The number of rotatable bonds is 5. The van der Waals surface area contributed by atoms with Crippen LogP contribution in [0.1, 0.15) is 20.9 Å². The van der Waals surface area contributed by atoms with E-state index >= 15 is 0 Å². The van der Waals surface area contributed by atoms with Crippen LogP contribution in [0.5, 0.6) is 0 Å². The van der Waals surface area contributed by atoms with Crippen molar-refractivity contribution in [1.29, 1.82) is 0 Å². The molecular weight excluding hydrogens is 386 g/mol. The van der Waals surface area contributed by atoms with E-state index < -0.39 is 0 Å². The monoisotopic (exact) mass is 407 g/mol. The molecule has 27 heavy (non-hydrogen) atoms. The fourth-order valence-corrected chi connectivity index (χ4v) is 4.41. The van der Waals surface area contributed by atoms with E-state index in [2.05, 4.69) is 31.6 Å². The summed E-state index contributed by atoms with van der Waals surface area (Å²) < 4.78 is 5.34. The molecule has 0 radical (unpaired) electrons. The highest BCUT2D eigenvalue weighted by atomic mass is 35.5. The SMILES string of the molecule is O=C(NCCN1CCc2sccc2C1)c1nc(N2CCOCC2)ncc1Cl. The Labute approximate surface area is 167 Å². The Bertz CT molecular complexity index is 809. The maximum absolute atomic E-state index is 12.6. The number of carbonyl (C=O) groups is 1. The first-order valence-electron chi connectivity index (χ1n) is 9.12. The maximum atomic E-state index is 12.6. The summed E-state index contributed by atoms with van der Waals surface area (Å²) in [6.07, 6.45) is 2.58. The van der Waals surface area contributed by atoms with Crippen molar-refractivity contribution in [2.45, 2.75) is 13.0 Å². The topological polar surface area (TPSA) is 70.6 Å². The van der Waals surface area contributed by atoms with Gasteiger partial charge in [0.25, 0.3) is 5.91 Å². The van der Waals surface area contributed by atoms with Crippen LogP contribution in [0, 0.1) is 0 Å². The summed E-state index contributed by atoms with van der Waals surface area (Å²) in [5, 5.41) is 5.36. The smallest absolute Gasteiger partial charge is 0.271 e. The molecule has 9 heteroatoms. The minimum absolute atomic E-state index is 0.229. The molecule has 1 amide bonds. The molecule has 0 spiro atoms. The number of thiophene rings is 1. The number of hydrogen-bond donors (Lipinski definition) is 1. The van der Waals surface area contributed by atoms with Gasteiger partial charge >= 0.3 is 0 Å². The molecule has 4 heterocycles. The van der Waals surface area contributed by atoms with Crippen LogP contribution < -0.4 is 10.2 Å². The van der Waals surface area contributed by atoms with Crippen LogP contribution in [0.15, 0.2) is 17.6 Å². The second kappa shape index (κ2) is 8.52. The van der Waals surface area contributed by atoms with E-state index in [1.807, 2.05) is 16.2 Å². The number of carbonyl (C=O) groups excluding carboxylic acids is 1. The van der Waals surface area contributed by atoms with E-state index in [4.69, 9.17) is 16.3 Å². The van der Waals surface area contributed by atoms with Crippen LogP contribution in [0.2, 0.25) is 5.02 Å². The van der Waals surface area contributed by atoms with Gasteiger partial charge in [0.05, 0.1) is 24.4 Å². The zero-order valence-corrected chi connectivity index (χ0v) is 16.6.